The van der Waals surface area contributed by atoms with Crippen LogP contribution in [0.2, 0.25) is 0 Å². The Morgan fingerprint density at radius 2 is 2.12 bits per heavy atom. The second kappa shape index (κ2) is 8.14. The van der Waals surface area contributed by atoms with Crippen LogP contribution in [0.4, 0.5) is 17.2 Å². The standard InChI is InChI=1S/C19H26N6O/c1-2-12-6-5-9-17(24-12)25-16-10-13(11-22-18(16)19(21)26)23-15-8-4-3-7-14(15)20/h5-6,9-11,14-15,23H,2-4,7-8,20H2,1H3,(H2,21,26)(H,24,25)/t14-,15?/m0/s1. The van der Waals surface area contributed by atoms with Crippen LogP contribution in [-0.4, -0.2) is 28.0 Å². The maximum atomic E-state index is 11.7. The Morgan fingerprint density at radius 1 is 1.31 bits per heavy atom. The molecule has 1 unspecified atom stereocenters. The number of aromatic nitrogens is 2. The fraction of sp³-hybridized carbons (Fsp3) is 0.421. The molecule has 0 saturated heterocycles. The van der Waals surface area contributed by atoms with Gasteiger partial charge in [0, 0.05) is 17.8 Å². The van der Waals surface area contributed by atoms with Crippen molar-refractivity contribution in [2.45, 2.75) is 51.1 Å². The number of carbonyl (C=O) groups is 1. The fourth-order valence-electron chi connectivity index (χ4n) is 3.27. The highest BCUT2D eigenvalue weighted by molar-refractivity contribution is 5.97. The van der Waals surface area contributed by atoms with Gasteiger partial charge in [0.1, 0.15) is 5.82 Å². The Kier molecular flexibility index (Phi) is 5.68. The number of pyridine rings is 2. The van der Waals surface area contributed by atoms with E-state index in [4.69, 9.17) is 11.5 Å². The third-order valence-corrected chi connectivity index (χ3v) is 4.72. The van der Waals surface area contributed by atoms with E-state index < -0.39 is 5.91 Å². The van der Waals surface area contributed by atoms with Crippen molar-refractivity contribution in [2.24, 2.45) is 11.5 Å². The average molecular weight is 354 g/mol. The van der Waals surface area contributed by atoms with Gasteiger partial charge < -0.3 is 22.1 Å². The molecule has 1 aliphatic carbocycles. The Hall–Kier alpha value is -2.67. The number of nitrogens with one attached hydrogen (secondary N) is 2. The summed E-state index contributed by atoms with van der Waals surface area (Å²) in [5.74, 6) is 0.0697. The van der Waals surface area contributed by atoms with Crippen LogP contribution in [0, 0.1) is 0 Å². The predicted molar refractivity (Wildman–Crippen MR) is 104 cm³/mol. The third kappa shape index (κ3) is 4.29. The molecule has 3 rings (SSSR count). The molecular formula is C19H26N6O. The van der Waals surface area contributed by atoms with Crippen molar-refractivity contribution in [3.05, 3.63) is 41.9 Å². The molecule has 1 saturated carbocycles. The number of carbonyl (C=O) groups excluding carboxylic acids is 1. The van der Waals surface area contributed by atoms with E-state index >= 15 is 0 Å². The first-order valence-electron chi connectivity index (χ1n) is 9.11. The molecule has 1 amide bonds. The van der Waals surface area contributed by atoms with Gasteiger partial charge in [-0.3, -0.25) is 4.79 Å². The van der Waals surface area contributed by atoms with Crippen LogP contribution in [0.5, 0.6) is 0 Å². The second-order valence-corrected chi connectivity index (χ2v) is 6.68. The first-order valence-corrected chi connectivity index (χ1v) is 9.11. The number of anilines is 3. The van der Waals surface area contributed by atoms with Crippen molar-refractivity contribution in [1.29, 1.82) is 0 Å². The van der Waals surface area contributed by atoms with Crippen LogP contribution in [-0.2, 0) is 6.42 Å². The minimum Gasteiger partial charge on any atom is -0.379 e. The molecule has 1 aliphatic rings. The Morgan fingerprint density at radius 3 is 2.85 bits per heavy atom. The van der Waals surface area contributed by atoms with Crippen LogP contribution in [0.15, 0.2) is 30.5 Å². The van der Waals surface area contributed by atoms with E-state index in [1.165, 1.54) is 6.42 Å². The number of primary amides is 1. The van der Waals surface area contributed by atoms with Crippen LogP contribution < -0.4 is 22.1 Å². The molecule has 7 heteroatoms. The van der Waals surface area contributed by atoms with Crippen molar-refractivity contribution >= 4 is 23.1 Å². The van der Waals surface area contributed by atoms with Crippen molar-refractivity contribution < 1.29 is 4.79 Å². The third-order valence-electron chi connectivity index (χ3n) is 4.72. The molecule has 7 nitrogen and oxygen atoms in total. The van der Waals surface area contributed by atoms with Gasteiger partial charge in [0.05, 0.1) is 17.6 Å². The summed E-state index contributed by atoms with van der Waals surface area (Å²) in [6.07, 6.45) is 6.84. The highest BCUT2D eigenvalue weighted by Gasteiger charge is 2.22. The first kappa shape index (κ1) is 18.1. The molecule has 0 aromatic carbocycles. The maximum Gasteiger partial charge on any atom is 0.269 e. The van der Waals surface area contributed by atoms with Gasteiger partial charge in [-0.05, 0) is 37.5 Å². The number of aryl methyl sites for hydroxylation is 1. The van der Waals surface area contributed by atoms with E-state index in [1.807, 2.05) is 31.2 Å². The predicted octanol–water partition coefficient (Wildman–Crippen LogP) is 2.56. The first-order chi connectivity index (χ1) is 12.6. The molecule has 0 bridgehead atoms. The molecule has 6 N–H and O–H groups in total. The minimum absolute atomic E-state index is 0.124. The highest BCUT2D eigenvalue weighted by Crippen LogP contribution is 2.25. The van der Waals surface area contributed by atoms with Gasteiger partial charge >= 0.3 is 0 Å². The number of hydrogen-bond acceptors (Lipinski definition) is 6. The largest absolute Gasteiger partial charge is 0.379 e. The highest BCUT2D eigenvalue weighted by atomic mass is 16.1. The maximum absolute atomic E-state index is 11.7. The summed E-state index contributed by atoms with van der Waals surface area (Å²) in [6.45, 7) is 2.04. The van der Waals surface area contributed by atoms with E-state index in [-0.39, 0.29) is 17.8 Å². The lowest BCUT2D eigenvalue weighted by Crippen LogP contribution is -2.42. The van der Waals surface area contributed by atoms with Gasteiger partial charge in [0.15, 0.2) is 5.69 Å². The quantitative estimate of drug-likeness (QED) is 0.633. The van der Waals surface area contributed by atoms with Crippen molar-refractivity contribution in [3.63, 3.8) is 0 Å². The summed E-state index contributed by atoms with van der Waals surface area (Å²) in [5.41, 5.74) is 14.2. The lowest BCUT2D eigenvalue weighted by molar-refractivity contribution is 0.0996. The molecule has 0 aliphatic heterocycles. The van der Waals surface area contributed by atoms with Gasteiger partial charge in [-0.2, -0.15) is 0 Å². The van der Waals surface area contributed by atoms with E-state index in [2.05, 4.69) is 20.6 Å². The van der Waals surface area contributed by atoms with Gasteiger partial charge in [0.2, 0.25) is 0 Å². The molecule has 26 heavy (non-hydrogen) atoms. The topological polar surface area (TPSA) is 119 Å². The van der Waals surface area contributed by atoms with Gasteiger partial charge in [-0.25, -0.2) is 9.97 Å². The minimum atomic E-state index is -0.583. The molecule has 2 heterocycles. The molecule has 2 atom stereocenters. The van der Waals surface area contributed by atoms with Gasteiger partial charge in [-0.15, -0.1) is 0 Å². The van der Waals surface area contributed by atoms with Gasteiger partial charge in [0.25, 0.3) is 5.91 Å². The smallest absolute Gasteiger partial charge is 0.269 e. The Balaban J connectivity index is 1.85. The zero-order chi connectivity index (χ0) is 18.5. The zero-order valence-corrected chi connectivity index (χ0v) is 15.0. The lowest BCUT2D eigenvalue weighted by atomic mass is 9.91. The fourth-order valence-corrected chi connectivity index (χ4v) is 3.27. The molecule has 0 spiro atoms. The SMILES string of the molecule is CCc1cccc(Nc2cc(NC3CCCC[C@@H]3N)cnc2C(N)=O)n1. The molecule has 2 aromatic heterocycles. The van der Waals surface area contributed by atoms with Crippen LogP contribution >= 0.6 is 0 Å². The monoisotopic (exact) mass is 354 g/mol. The van der Waals surface area contributed by atoms with Crippen molar-refractivity contribution in [1.82, 2.24) is 9.97 Å². The number of rotatable bonds is 6. The summed E-state index contributed by atoms with van der Waals surface area (Å²) in [5, 5.41) is 6.62. The van der Waals surface area contributed by atoms with Crippen molar-refractivity contribution in [2.75, 3.05) is 10.6 Å². The summed E-state index contributed by atoms with van der Waals surface area (Å²) in [4.78, 5) is 20.5. The molecule has 138 valence electrons. The number of nitrogens with two attached hydrogens (primary N) is 2. The van der Waals surface area contributed by atoms with Crippen LogP contribution in [0.3, 0.4) is 0 Å². The normalized spacial score (nSPS) is 19.8. The molecule has 2 aromatic rings. The van der Waals surface area contributed by atoms with Crippen LogP contribution in [0.1, 0.15) is 48.8 Å². The van der Waals surface area contributed by atoms with E-state index in [0.717, 1.165) is 37.1 Å². The van der Waals surface area contributed by atoms with Gasteiger partial charge in [-0.1, -0.05) is 25.8 Å². The van der Waals surface area contributed by atoms with E-state index in [1.54, 1.807) is 6.20 Å². The lowest BCUT2D eigenvalue weighted by Gasteiger charge is -2.30. The molecule has 0 radical (unpaired) electrons. The molecule has 1 fully saturated rings. The summed E-state index contributed by atoms with van der Waals surface area (Å²) >= 11 is 0. The van der Waals surface area contributed by atoms with Crippen molar-refractivity contribution in [3.8, 4) is 0 Å². The van der Waals surface area contributed by atoms with Crippen LogP contribution in [0.25, 0.3) is 0 Å². The molecular weight excluding hydrogens is 328 g/mol. The number of hydrogen-bond donors (Lipinski definition) is 4. The van der Waals surface area contributed by atoms with E-state index in [9.17, 15) is 4.79 Å². The summed E-state index contributed by atoms with van der Waals surface area (Å²) < 4.78 is 0. The van der Waals surface area contributed by atoms with E-state index in [0.29, 0.717) is 11.5 Å². The second-order valence-electron chi connectivity index (χ2n) is 6.68. The average Bonchev–Trinajstić information content (AvgIpc) is 2.64. The number of nitrogens with zero attached hydrogens (tertiary/aromatic N) is 2. The number of amides is 1. The summed E-state index contributed by atoms with van der Waals surface area (Å²) in [7, 11) is 0. The summed E-state index contributed by atoms with van der Waals surface area (Å²) in [6, 6.07) is 7.91. The Bertz CT molecular complexity index is 778. The zero-order valence-electron chi connectivity index (χ0n) is 15.0. The Labute approximate surface area is 153 Å².